The molecule has 1 unspecified atom stereocenters. The molecule has 0 aliphatic rings. The Kier molecular flexibility index (Phi) is 9.71. The number of amides is 1. The molecule has 3 aromatic carbocycles. The van der Waals surface area contributed by atoms with Crippen LogP contribution < -0.4 is 10.1 Å². The van der Waals surface area contributed by atoms with E-state index in [1.165, 1.54) is 54.6 Å². The highest BCUT2D eigenvalue weighted by Crippen LogP contribution is 2.31. The minimum Gasteiger partial charge on any atom is -0.481 e. The summed E-state index contributed by atoms with van der Waals surface area (Å²) < 4.78 is 41.6. The average molecular weight is 582 g/mol. The van der Waals surface area contributed by atoms with Crippen LogP contribution in [0.15, 0.2) is 66.7 Å². The van der Waals surface area contributed by atoms with E-state index < -0.39 is 41.5 Å². The lowest BCUT2D eigenvalue weighted by atomic mass is 9.85. The van der Waals surface area contributed by atoms with E-state index in [0.29, 0.717) is 0 Å². The van der Waals surface area contributed by atoms with Gasteiger partial charge in [0.25, 0.3) is 5.91 Å². The first-order chi connectivity index (χ1) is 18.3. The molecule has 0 spiro atoms. The van der Waals surface area contributed by atoms with Gasteiger partial charge in [-0.25, -0.2) is 0 Å². The van der Waals surface area contributed by atoms with E-state index in [2.05, 4.69) is 10.1 Å². The predicted molar refractivity (Wildman–Crippen MR) is 137 cm³/mol. The highest BCUT2D eigenvalue weighted by atomic mass is 35.5. The molecule has 0 aromatic heterocycles. The van der Waals surface area contributed by atoms with Crippen molar-refractivity contribution in [2.45, 2.75) is 25.1 Å². The van der Waals surface area contributed by atoms with Gasteiger partial charge in [0.05, 0.1) is 12.3 Å². The van der Waals surface area contributed by atoms with E-state index in [9.17, 15) is 32.3 Å². The highest BCUT2D eigenvalue weighted by Gasteiger charge is 2.31. The Balaban J connectivity index is 1.88. The lowest BCUT2D eigenvalue weighted by molar-refractivity contribution is -0.274. The largest absolute Gasteiger partial charge is 0.573 e. The minimum atomic E-state index is -4.90. The summed E-state index contributed by atoms with van der Waals surface area (Å²) >= 11 is 12.0. The van der Waals surface area contributed by atoms with Crippen molar-refractivity contribution >= 4 is 46.6 Å². The quantitative estimate of drug-likeness (QED) is 0.256. The van der Waals surface area contributed by atoms with Crippen molar-refractivity contribution in [3.8, 4) is 5.75 Å². The summed E-state index contributed by atoms with van der Waals surface area (Å²) in [5, 5.41) is 11.5. The molecule has 3 rings (SSSR count). The maximum atomic E-state index is 13.5. The molecule has 0 fully saturated rings. The number of nitrogens with one attached hydrogen (secondary N) is 1. The SMILES string of the molecule is O=C(O)CCNC(=O)c1ccc(C(=O)C(CC(=O)c2cc(Cl)cc(Cl)c2)c2ccc(OC(F)(F)F)cc2)cc1. The molecule has 204 valence electrons. The number of rotatable bonds is 11. The number of ketones is 2. The van der Waals surface area contributed by atoms with Crippen molar-refractivity contribution in [3.63, 3.8) is 0 Å². The summed E-state index contributed by atoms with van der Waals surface area (Å²) in [5.74, 6) is -4.23. The fourth-order valence-corrected chi connectivity index (χ4v) is 4.18. The second-order valence-electron chi connectivity index (χ2n) is 8.30. The average Bonchev–Trinajstić information content (AvgIpc) is 2.85. The molecule has 0 radical (unpaired) electrons. The van der Waals surface area contributed by atoms with Gasteiger partial charge < -0.3 is 15.2 Å². The number of hydrogen-bond donors (Lipinski definition) is 2. The van der Waals surface area contributed by atoms with E-state index >= 15 is 0 Å². The van der Waals surface area contributed by atoms with E-state index in [4.69, 9.17) is 28.3 Å². The normalized spacial score (nSPS) is 11.9. The number of carbonyl (C=O) groups is 4. The number of carboxylic acid groups (broad SMARTS) is 1. The Labute approximate surface area is 230 Å². The predicted octanol–water partition coefficient (Wildman–Crippen LogP) is 6.34. The summed E-state index contributed by atoms with van der Waals surface area (Å²) in [6, 6.07) is 14.2. The summed E-state index contributed by atoms with van der Waals surface area (Å²) in [6.07, 6.45) is -5.52. The molecule has 1 amide bonds. The number of aliphatic carboxylic acids is 1. The molecule has 12 heteroatoms. The second-order valence-corrected chi connectivity index (χ2v) is 9.17. The molecular formula is C27H20Cl2F3NO6. The molecule has 0 saturated carbocycles. The van der Waals surface area contributed by atoms with Crippen LogP contribution in [-0.2, 0) is 4.79 Å². The molecular weight excluding hydrogens is 562 g/mol. The van der Waals surface area contributed by atoms with Gasteiger partial charge in [-0.2, -0.15) is 0 Å². The van der Waals surface area contributed by atoms with Crippen molar-refractivity contribution in [1.82, 2.24) is 5.32 Å². The summed E-state index contributed by atoms with van der Waals surface area (Å²) in [4.78, 5) is 49.4. The van der Waals surface area contributed by atoms with E-state index in [1.807, 2.05) is 0 Å². The maximum Gasteiger partial charge on any atom is 0.573 e. The molecule has 39 heavy (non-hydrogen) atoms. The Morgan fingerprint density at radius 1 is 0.846 bits per heavy atom. The smallest absolute Gasteiger partial charge is 0.481 e. The first kappa shape index (κ1) is 29.7. The minimum absolute atomic E-state index is 0.0827. The number of benzene rings is 3. The third kappa shape index (κ3) is 8.83. The number of Topliss-reactive ketones (excluding diaryl/α,β-unsaturated/α-hetero) is 2. The van der Waals surface area contributed by atoms with Crippen LogP contribution in [0.4, 0.5) is 13.2 Å². The zero-order chi connectivity index (χ0) is 28.7. The molecule has 0 saturated heterocycles. The Morgan fingerprint density at radius 2 is 1.41 bits per heavy atom. The first-order valence-corrected chi connectivity index (χ1v) is 12.1. The van der Waals surface area contributed by atoms with E-state index in [0.717, 1.165) is 12.1 Å². The standard InChI is InChI=1S/C27H20Cl2F3NO6/c28-19-11-18(12-20(29)13-19)23(34)14-22(15-5-7-21(8-6-15)39-27(30,31)32)25(37)16-1-3-17(4-2-16)26(38)33-10-9-24(35)36/h1-8,11-13,22H,9-10,14H2,(H,33,38)(H,35,36). The van der Waals surface area contributed by atoms with Crippen molar-refractivity contribution < 1.29 is 42.2 Å². The van der Waals surface area contributed by atoms with Gasteiger partial charge >= 0.3 is 12.3 Å². The van der Waals surface area contributed by atoms with Crippen LogP contribution in [0.1, 0.15) is 55.4 Å². The molecule has 0 heterocycles. The zero-order valence-electron chi connectivity index (χ0n) is 19.9. The number of ether oxygens (including phenoxy) is 1. The molecule has 0 aliphatic heterocycles. The summed E-state index contributed by atoms with van der Waals surface area (Å²) in [6.45, 7) is -0.0827. The van der Waals surface area contributed by atoms with Crippen LogP contribution in [0.5, 0.6) is 5.75 Å². The Morgan fingerprint density at radius 3 is 1.95 bits per heavy atom. The Bertz CT molecular complexity index is 1360. The van der Waals surface area contributed by atoms with Crippen molar-refractivity contribution in [2.75, 3.05) is 6.54 Å². The summed E-state index contributed by atoms with van der Waals surface area (Å²) in [5.41, 5.74) is 0.712. The fourth-order valence-electron chi connectivity index (χ4n) is 3.65. The van der Waals surface area contributed by atoms with Crippen LogP contribution >= 0.6 is 23.2 Å². The fraction of sp³-hybridized carbons (Fsp3) is 0.185. The van der Waals surface area contributed by atoms with Crippen molar-refractivity contribution in [1.29, 1.82) is 0 Å². The molecule has 0 aliphatic carbocycles. The third-order valence-corrected chi connectivity index (χ3v) is 5.90. The highest BCUT2D eigenvalue weighted by molar-refractivity contribution is 6.35. The number of hydrogen-bond acceptors (Lipinski definition) is 5. The van der Waals surface area contributed by atoms with Gasteiger partial charge in [-0.3, -0.25) is 19.2 Å². The first-order valence-electron chi connectivity index (χ1n) is 11.3. The van der Waals surface area contributed by atoms with Gasteiger partial charge in [0.2, 0.25) is 0 Å². The van der Waals surface area contributed by atoms with Gasteiger partial charge in [0, 0.05) is 39.7 Å². The number of alkyl halides is 3. The monoisotopic (exact) mass is 581 g/mol. The van der Waals surface area contributed by atoms with Gasteiger partial charge in [-0.1, -0.05) is 47.5 Å². The van der Waals surface area contributed by atoms with Crippen LogP contribution in [0, 0.1) is 0 Å². The van der Waals surface area contributed by atoms with Gasteiger partial charge in [0.15, 0.2) is 11.6 Å². The summed E-state index contributed by atoms with van der Waals surface area (Å²) in [7, 11) is 0. The Hall–Kier alpha value is -3.89. The van der Waals surface area contributed by atoms with Gasteiger partial charge in [-0.15, -0.1) is 13.2 Å². The lowest BCUT2D eigenvalue weighted by Crippen LogP contribution is -2.26. The van der Waals surface area contributed by atoms with Gasteiger partial charge in [0.1, 0.15) is 5.75 Å². The van der Waals surface area contributed by atoms with Crippen molar-refractivity contribution in [3.05, 3.63) is 99.0 Å². The van der Waals surface area contributed by atoms with E-state index in [1.54, 1.807) is 0 Å². The molecule has 7 nitrogen and oxygen atoms in total. The van der Waals surface area contributed by atoms with Crippen LogP contribution in [0.25, 0.3) is 0 Å². The topological polar surface area (TPSA) is 110 Å². The molecule has 3 aromatic rings. The third-order valence-electron chi connectivity index (χ3n) is 5.46. The molecule has 2 N–H and O–H groups in total. The van der Waals surface area contributed by atoms with Crippen molar-refractivity contribution in [2.24, 2.45) is 0 Å². The number of carbonyl (C=O) groups excluding carboxylic acids is 3. The number of halogens is 5. The number of carboxylic acids is 1. The lowest BCUT2D eigenvalue weighted by Gasteiger charge is -2.17. The zero-order valence-corrected chi connectivity index (χ0v) is 21.4. The molecule has 1 atom stereocenters. The van der Waals surface area contributed by atoms with Crippen LogP contribution in [-0.4, -0.2) is 41.5 Å². The van der Waals surface area contributed by atoms with Gasteiger partial charge in [-0.05, 0) is 48.0 Å². The molecule has 0 bridgehead atoms. The van der Waals surface area contributed by atoms with Crippen LogP contribution in [0.2, 0.25) is 10.0 Å². The van der Waals surface area contributed by atoms with Crippen LogP contribution in [0.3, 0.4) is 0 Å². The van der Waals surface area contributed by atoms with E-state index in [-0.39, 0.29) is 51.7 Å². The second kappa shape index (κ2) is 12.8. The maximum absolute atomic E-state index is 13.5.